The van der Waals surface area contributed by atoms with Gasteiger partial charge in [-0.1, -0.05) is 30.3 Å². The Morgan fingerprint density at radius 1 is 1.06 bits per heavy atom. The van der Waals surface area contributed by atoms with Gasteiger partial charge >= 0.3 is 0 Å². The molecule has 182 valence electrons. The zero-order valence-electron chi connectivity index (χ0n) is 20.3. The van der Waals surface area contributed by atoms with Gasteiger partial charge in [-0.05, 0) is 43.3 Å². The van der Waals surface area contributed by atoms with Crippen LogP contribution in [-0.4, -0.2) is 73.8 Å². The van der Waals surface area contributed by atoms with Gasteiger partial charge in [0.1, 0.15) is 23.2 Å². The number of piperazine rings is 1. The number of nitrogens with one attached hydrogen (secondary N) is 2. The number of ether oxygens (including phenoxy) is 2. The number of para-hydroxylation sites is 1. The lowest BCUT2D eigenvalue weighted by Crippen LogP contribution is -2.43. The number of hydrogen-bond acceptors (Lipinski definition) is 7. The molecule has 1 saturated heterocycles. The lowest BCUT2D eigenvalue weighted by Gasteiger charge is -2.32. The third-order valence-corrected chi connectivity index (χ3v) is 6.46. The first-order chi connectivity index (χ1) is 16.6. The van der Waals surface area contributed by atoms with Crippen LogP contribution in [0, 0.1) is 0 Å². The van der Waals surface area contributed by atoms with Crippen molar-refractivity contribution in [1.82, 2.24) is 25.1 Å². The molecule has 8 heteroatoms. The predicted octanol–water partition coefficient (Wildman–Crippen LogP) is 2.55. The Hall–Kier alpha value is -2.78. The molecule has 0 bridgehead atoms. The van der Waals surface area contributed by atoms with Gasteiger partial charge in [-0.3, -0.25) is 9.69 Å². The van der Waals surface area contributed by atoms with E-state index in [1.54, 1.807) is 32.4 Å². The lowest BCUT2D eigenvalue weighted by atomic mass is 10.1. The minimum Gasteiger partial charge on any atom is -0.494 e. The largest absolute Gasteiger partial charge is 0.494 e. The Bertz CT molecular complexity index is 1120. The summed E-state index contributed by atoms with van der Waals surface area (Å²) in [7, 11) is 5.40. The van der Waals surface area contributed by atoms with E-state index in [1.165, 1.54) is 11.1 Å². The van der Waals surface area contributed by atoms with E-state index >= 15 is 0 Å². The van der Waals surface area contributed by atoms with Crippen molar-refractivity contribution in [2.45, 2.75) is 25.6 Å². The number of fused-ring (bicyclic) bond motifs is 1. The molecule has 0 amide bonds. The van der Waals surface area contributed by atoms with Gasteiger partial charge in [0.25, 0.3) is 5.56 Å². The monoisotopic (exact) mass is 465 g/mol. The minimum absolute atomic E-state index is 0.189. The van der Waals surface area contributed by atoms with Crippen LogP contribution < -0.4 is 15.6 Å². The molecule has 1 fully saturated rings. The van der Waals surface area contributed by atoms with E-state index in [0.717, 1.165) is 45.8 Å². The standard InChI is InChI=1S/C26H35N5O3/c1-30-13-15-31(16-14-30)18-20-9-7-19(8-10-20)17-27-12-11-23(34-3)25-28-24-21(26(32)29-25)5-4-6-22(24)33-2/h4-10,23,27H,11-18H2,1-3H3,(H,28,29,32). The smallest absolute Gasteiger partial charge is 0.258 e. The van der Waals surface area contributed by atoms with Gasteiger partial charge in [-0.25, -0.2) is 4.98 Å². The summed E-state index contributed by atoms with van der Waals surface area (Å²) in [6.45, 7) is 7.06. The van der Waals surface area contributed by atoms with Crippen molar-refractivity contribution >= 4 is 10.9 Å². The lowest BCUT2D eigenvalue weighted by molar-refractivity contribution is 0.0883. The molecule has 4 rings (SSSR count). The Morgan fingerprint density at radius 3 is 2.50 bits per heavy atom. The van der Waals surface area contributed by atoms with Gasteiger partial charge < -0.3 is 24.7 Å². The first-order valence-electron chi connectivity index (χ1n) is 11.9. The number of methoxy groups -OCH3 is 2. The minimum atomic E-state index is -0.319. The highest BCUT2D eigenvalue weighted by atomic mass is 16.5. The molecule has 8 nitrogen and oxygen atoms in total. The molecule has 3 aromatic rings. The molecule has 1 aliphatic rings. The fourth-order valence-corrected chi connectivity index (χ4v) is 4.33. The highest BCUT2D eigenvalue weighted by molar-refractivity contribution is 5.83. The van der Waals surface area contributed by atoms with Crippen molar-refractivity contribution in [2.24, 2.45) is 0 Å². The zero-order chi connectivity index (χ0) is 23.9. The van der Waals surface area contributed by atoms with Crippen LogP contribution in [0.2, 0.25) is 0 Å². The summed E-state index contributed by atoms with van der Waals surface area (Å²) in [6.07, 6.45) is 0.363. The van der Waals surface area contributed by atoms with E-state index in [2.05, 4.69) is 56.4 Å². The molecule has 2 aromatic carbocycles. The Balaban J connectivity index is 1.29. The fourth-order valence-electron chi connectivity index (χ4n) is 4.33. The van der Waals surface area contributed by atoms with Gasteiger partial charge in [0, 0.05) is 46.4 Å². The molecule has 0 saturated carbocycles. The summed E-state index contributed by atoms with van der Waals surface area (Å²) >= 11 is 0. The van der Waals surface area contributed by atoms with Crippen molar-refractivity contribution in [3.05, 3.63) is 69.8 Å². The molecule has 0 aliphatic carbocycles. The summed E-state index contributed by atoms with van der Waals surface area (Å²) < 4.78 is 11.0. The highest BCUT2D eigenvalue weighted by Crippen LogP contribution is 2.23. The third-order valence-electron chi connectivity index (χ3n) is 6.46. The normalized spacial score (nSPS) is 16.1. The zero-order valence-corrected chi connectivity index (χ0v) is 20.3. The van der Waals surface area contributed by atoms with Crippen LogP contribution in [-0.2, 0) is 17.8 Å². The van der Waals surface area contributed by atoms with Gasteiger partial charge in [-0.2, -0.15) is 0 Å². The average molecular weight is 466 g/mol. The van der Waals surface area contributed by atoms with Gasteiger partial charge in [0.05, 0.1) is 12.5 Å². The van der Waals surface area contributed by atoms with E-state index in [9.17, 15) is 4.79 Å². The van der Waals surface area contributed by atoms with Crippen LogP contribution in [0.3, 0.4) is 0 Å². The maximum atomic E-state index is 12.5. The van der Waals surface area contributed by atoms with Crippen LogP contribution in [0.4, 0.5) is 0 Å². The van der Waals surface area contributed by atoms with Crippen molar-refractivity contribution in [3.8, 4) is 5.75 Å². The van der Waals surface area contributed by atoms with Crippen LogP contribution in [0.5, 0.6) is 5.75 Å². The van der Waals surface area contributed by atoms with Crippen molar-refractivity contribution in [3.63, 3.8) is 0 Å². The predicted molar refractivity (Wildman–Crippen MR) is 134 cm³/mol. The van der Waals surface area contributed by atoms with E-state index in [1.807, 2.05) is 0 Å². The second kappa shape index (κ2) is 11.6. The third kappa shape index (κ3) is 6.01. The molecular formula is C26H35N5O3. The molecular weight excluding hydrogens is 430 g/mol. The van der Waals surface area contributed by atoms with Crippen LogP contribution >= 0.6 is 0 Å². The van der Waals surface area contributed by atoms with Crippen molar-refractivity contribution in [1.29, 1.82) is 0 Å². The summed E-state index contributed by atoms with van der Waals surface area (Å²) in [4.78, 5) is 24.9. The quantitative estimate of drug-likeness (QED) is 0.445. The number of hydrogen-bond donors (Lipinski definition) is 2. The summed E-state index contributed by atoms with van der Waals surface area (Å²) in [5, 5.41) is 3.98. The van der Waals surface area contributed by atoms with Gasteiger partial charge in [0.15, 0.2) is 0 Å². The number of aromatic nitrogens is 2. The number of H-pyrrole nitrogens is 1. The van der Waals surface area contributed by atoms with Crippen LogP contribution in [0.25, 0.3) is 10.9 Å². The van der Waals surface area contributed by atoms with E-state index in [0.29, 0.717) is 28.9 Å². The Labute approximate surface area is 200 Å². The number of rotatable bonds is 10. The Kier molecular flexibility index (Phi) is 8.29. The first kappa shape index (κ1) is 24.3. The number of benzene rings is 2. The van der Waals surface area contributed by atoms with Gasteiger partial charge in [-0.15, -0.1) is 0 Å². The SMILES string of the molecule is COc1cccc2c(=O)[nH]c(C(CCNCc3ccc(CN4CCN(C)CC4)cc3)OC)nc12. The van der Waals surface area contributed by atoms with E-state index in [4.69, 9.17) is 9.47 Å². The van der Waals surface area contributed by atoms with Crippen molar-refractivity contribution in [2.75, 3.05) is 54.0 Å². The van der Waals surface area contributed by atoms with E-state index in [-0.39, 0.29) is 11.7 Å². The molecule has 2 heterocycles. The molecule has 1 unspecified atom stereocenters. The molecule has 34 heavy (non-hydrogen) atoms. The van der Waals surface area contributed by atoms with Crippen LogP contribution in [0.15, 0.2) is 47.3 Å². The molecule has 1 aromatic heterocycles. The van der Waals surface area contributed by atoms with E-state index < -0.39 is 0 Å². The maximum absolute atomic E-state index is 12.5. The van der Waals surface area contributed by atoms with Gasteiger partial charge in [0.2, 0.25) is 0 Å². The summed E-state index contributed by atoms with van der Waals surface area (Å²) in [5.74, 6) is 1.09. The molecule has 0 radical (unpaired) electrons. The number of aromatic amines is 1. The second-order valence-electron chi connectivity index (χ2n) is 8.89. The number of nitrogens with zero attached hydrogens (tertiary/aromatic N) is 3. The fraction of sp³-hybridized carbons (Fsp3) is 0.462. The molecule has 1 aliphatic heterocycles. The maximum Gasteiger partial charge on any atom is 0.258 e. The average Bonchev–Trinajstić information content (AvgIpc) is 2.86. The van der Waals surface area contributed by atoms with Crippen LogP contribution in [0.1, 0.15) is 29.5 Å². The molecule has 0 spiro atoms. The second-order valence-corrected chi connectivity index (χ2v) is 8.89. The highest BCUT2D eigenvalue weighted by Gasteiger charge is 2.17. The van der Waals surface area contributed by atoms with Crippen molar-refractivity contribution < 1.29 is 9.47 Å². The topological polar surface area (TPSA) is 82.7 Å². The molecule has 1 atom stereocenters. The summed E-state index contributed by atoms with van der Waals surface area (Å²) in [5.41, 5.74) is 2.97. The summed E-state index contributed by atoms with van der Waals surface area (Å²) in [6, 6.07) is 14.2. The Morgan fingerprint density at radius 2 is 1.79 bits per heavy atom. The number of likely N-dealkylation sites (N-methyl/N-ethyl adjacent to an activating group) is 1. The molecule has 2 N–H and O–H groups in total. The first-order valence-corrected chi connectivity index (χ1v) is 11.9.